The minimum atomic E-state index is -1.83. The summed E-state index contributed by atoms with van der Waals surface area (Å²) in [6, 6.07) is 0. The summed E-state index contributed by atoms with van der Waals surface area (Å²) in [5.74, 6) is 0.132. The second-order valence-electron chi connectivity index (χ2n) is 15.9. The average molecular weight is 657 g/mol. The maximum atomic E-state index is 13.3. The number of allylic oxidation sites excluding steroid dienone is 3. The van der Waals surface area contributed by atoms with Crippen molar-refractivity contribution in [1.29, 1.82) is 0 Å². The van der Waals surface area contributed by atoms with E-state index in [-0.39, 0.29) is 41.9 Å². The van der Waals surface area contributed by atoms with Gasteiger partial charge in [0.25, 0.3) is 5.97 Å². The van der Waals surface area contributed by atoms with Gasteiger partial charge in [0.2, 0.25) is 8.32 Å². The summed E-state index contributed by atoms with van der Waals surface area (Å²) in [7, 11) is -6.97. The van der Waals surface area contributed by atoms with E-state index in [0.717, 1.165) is 38.5 Å². The summed E-state index contributed by atoms with van der Waals surface area (Å²) >= 11 is 0. The Balaban J connectivity index is 2.92. The summed E-state index contributed by atoms with van der Waals surface area (Å²) in [6.45, 7) is 28.2. The lowest BCUT2D eigenvalue weighted by atomic mass is 9.90. The molecule has 0 amide bonds. The molecule has 1 rings (SSSR count). The van der Waals surface area contributed by atoms with Crippen molar-refractivity contribution in [3.8, 4) is 0 Å². The van der Waals surface area contributed by atoms with E-state index in [1.807, 2.05) is 19.6 Å². The van der Waals surface area contributed by atoms with Crippen LogP contribution in [0.4, 0.5) is 0 Å². The Bertz CT molecular complexity index is 893. The monoisotopic (exact) mass is 656 g/mol. The van der Waals surface area contributed by atoms with E-state index < -0.39 is 33.3 Å². The van der Waals surface area contributed by atoms with Gasteiger partial charge in [-0.25, -0.2) is 0 Å². The second-order valence-corrected chi connectivity index (χ2v) is 33.8. The maximum absolute atomic E-state index is 13.3. The van der Waals surface area contributed by atoms with Crippen LogP contribution in [0.5, 0.6) is 0 Å². The van der Waals surface area contributed by atoms with Gasteiger partial charge in [0.05, 0.1) is 12.2 Å². The third kappa shape index (κ3) is 18.9. The van der Waals surface area contributed by atoms with E-state index in [4.69, 9.17) is 17.7 Å². The van der Waals surface area contributed by atoms with Crippen LogP contribution in [-0.4, -0.2) is 63.3 Å². The molecule has 0 radical (unpaired) electrons. The smallest absolute Gasteiger partial charge is 0.292 e. The molecule has 1 aliphatic rings. The molecule has 0 N–H and O–H groups in total. The highest BCUT2D eigenvalue weighted by Gasteiger charge is 2.42. The molecule has 42 heavy (non-hydrogen) atoms. The zero-order valence-corrected chi connectivity index (χ0v) is 33.3. The van der Waals surface area contributed by atoms with Crippen molar-refractivity contribution < 1.29 is 27.3 Å². The number of carbonyl (C=O) groups excluding carboxylic acids is 2. The number of rotatable bonds is 19. The lowest BCUT2D eigenvalue weighted by Gasteiger charge is -2.29. The Hall–Kier alpha value is -0.632. The molecule has 5 atom stereocenters. The van der Waals surface area contributed by atoms with E-state index in [9.17, 15) is 9.59 Å². The molecule has 0 bridgehead atoms. The predicted molar refractivity (Wildman–Crippen MR) is 187 cm³/mol. The quantitative estimate of drug-likeness (QED) is 0.0785. The van der Waals surface area contributed by atoms with Crippen LogP contribution in [0.3, 0.4) is 0 Å². The number of ketones is 1. The minimum absolute atomic E-state index is 0.00705. The van der Waals surface area contributed by atoms with Gasteiger partial charge < -0.3 is 17.7 Å². The van der Waals surface area contributed by atoms with E-state index in [2.05, 4.69) is 90.2 Å². The average Bonchev–Trinajstić information content (AvgIpc) is 3.03. The molecule has 1 fully saturated rings. The van der Waals surface area contributed by atoms with Gasteiger partial charge >= 0.3 is 0 Å². The fourth-order valence-electron chi connectivity index (χ4n) is 5.38. The number of hydrogen-bond donors (Lipinski definition) is 0. The minimum Gasteiger partial charge on any atom is -0.520 e. The van der Waals surface area contributed by atoms with Gasteiger partial charge in [0, 0.05) is 30.8 Å². The SMILES string of the molecule is CC(CCC[C@H](/C=C/C1C(=O)C[C@@H](O[Si](C)(C)C)[C@H]1C/C=C\CCCC(=O)O[Si](C)(C)C)O[Si](C)(C)C)O[Si](C)(C)C. The molecule has 244 valence electrons. The lowest BCUT2D eigenvalue weighted by molar-refractivity contribution is -0.135. The van der Waals surface area contributed by atoms with Crippen molar-refractivity contribution >= 4 is 45.0 Å². The number of Topliss-reactive ketones (excluding diaryl/α,β-unsaturated/α-hetero) is 1. The first-order chi connectivity index (χ1) is 19.0. The lowest BCUT2D eigenvalue weighted by Crippen LogP contribution is -2.35. The van der Waals surface area contributed by atoms with Gasteiger partial charge in [0.15, 0.2) is 25.0 Å². The van der Waals surface area contributed by atoms with E-state index in [0.29, 0.717) is 12.8 Å². The summed E-state index contributed by atoms with van der Waals surface area (Å²) in [6.07, 6.45) is 15.1. The summed E-state index contributed by atoms with van der Waals surface area (Å²) in [5, 5.41) is 0. The topological polar surface area (TPSA) is 71.1 Å². The largest absolute Gasteiger partial charge is 0.520 e. The van der Waals surface area contributed by atoms with Crippen molar-refractivity contribution in [2.75, 3.05) is 0 Å². The molecular formula is C32H64O6Si4. The molecule has 0 aliphatic heterocycles. The highest BCUT2D eigenvalue weighted by atomic mass is 28.4. The molecule has 0 saturated heterocycles. The Kier molecular flexibility index (Phi) is 16.1. The first-order valence-corrected chi connectivity index (χ1v) is 29.8. The van der Waals surface area contributed by atoms with Gasteiger partial charge in [-0.1, -0.05) is 24.3 Å². The molecule has 0 aromatic carbocycles. The van der Waals surface area contributed by atoms with Crippen LogP contribution < -0.4 is 0 Å². The first-order valence-electron chi connectivity index (χ1n) is 16.2. The van der Waals surface area contributed by atoms with Crippen LogP contribution in [0, 0.1) is 11.8 Å². The van der Waals surface area contributed by atoms with Gasteiger partial charge in [-0.3, -0.25) is 9.59 Å². The van der Waals surface area contributed by atoms with Crippen LogP contribution in [0.25, 0.3) is 0 Å². The molecule has 2 unspecified atom stereocenters. The molecule has 1 aliphatic carbocycles. The van der Waals surface area contributed by atoms with Crippen LogP contribution >= 0.6 is 0 Å². The van der Waals surface area contributed by atoms with Gasteiger partial charge in [0.1, 0.15) is 5.78 Å². The fraction of sp³-hybridized carbons (Fsp3) is 0.812. The zero-order valence-electron chi connectivity index (χ0n) is 29.3. The zero-order chi connectivity index (χ0) is 32.4. The van der Waals surface area contributed by atoms with Crippen LogP contribution in [-0.2, 0) is 27.3 Å². The van der Waals surface area contributed by atoms with Crippen molar-refractivity contribution in [1.82, 2.24) is 0 Å². The number of carbonyl (C=O) groups is 2. The summed E-state index contributed by atoms with van der Waals surface area (Å²) < 4.78 is 24.9. The van der Waals surface area contributed by atoms with Crippen LogP contribution in [0.2, 0.25) is 78.6 Å². The van der Waals surface area contributed by atoms with E-state index >= 15 is 0 Å². The molecular weight excluding hydrogens is 593 g/mol. The summed E-state index contributed by atoms with van der Waals surface area (Å²) in [4.78, 5) is 25.3. The number of hydrogen-bond acceptors (Lipinski definition) is 6. The van der Waals surface area contributed by atoms with Gasteiger partial charge in [-0.15, -0.1) is 0 Å². The highest BCUT2D eigenvalue weighted by molar-refractivity contribution is 6.71. The van der Waals surface area contributed by atoms with Gasteiger partial charge in [-0.05, 0) is 124 Å². The standard InChI is InChI=1S/C32H64O6Si4/c1-26(35-39(2,3)4)19-18-20-27(36-40(5,6)7)23-24-28-29(31(25-30(28)33)37-41(8,9)10)21-16-14-15-17-22-32(34)38-42(11,12)13/h14,16,23-24,26-29,31H,15,17-22,25H2,1-13H3/b16-14-,24-23+/t26?,27-,28?,29+,31-/m1/s1. The molecule has 0 heterocycles. The Morgan fingerprint density at radius 3 is 2.00 bits per heavy atom. The molecule has 6 nitrogen and oxygen atoms in total. The van der Waals surface area contributed by atoms with Crippen molar-refractivity contribution in [2.24, 2.45) is 11.8 Å². The maximum Gasteiger partial charge on any atom is 0.292 e. The van der Waals surface area contributed by atoms with Gasteiger partial charge in [-0.2, -0.15) is 0 Å². The predicted octanol–water partition coefficient (Wildman–Crippen LogP) is 9.09. The van der Waals surface area contributed by atoms with Crippen LogP contribution in [0.1, 0.15) is 58.3 Å². The van der Waals surface area contributed by atoms with Crippen molar-refractivity contribution in [2.45, 2.75) is 155 Å². The van der Waals surface area contributed by atoms with E-state index in [1.54, 1.807) is 0 Å². The molecule has 10 heteroatoms. The normalized spacial score (nSPS) is 22.3. The third-order valence-corrected chi connectivity index (χ3v) is 10.6. The molecule has 0 aromatic heterocycles. The molecule has 1 saturated carbocycles. The molecule has 0 aromatic rings. The second kappa shape index (κ2) is 17.2. The summed E-state index contributed by atoms with van der Waals surface area (Å²) in [5.41, 5.74) is 0. The van der Waals surface area contributed by atoms with E-state index in [1.165, 1.54) is 0 Å². The number of unbranched alkanes of at least 4 members (excludes halogenated alkanes) is 1. The Morgan fingerprint density at radius 2 is 1.45 bits per heavy atom. The van der Waals surface area contributed by atoms with Crippen molar-refractivity contribution in [3.63, 3.8) is 0 Å². The van der Waals surface area contributed by atoms with Crippen molar-refractivity contribution in [3.05, 3.63) is 24.3 Å². The van der Waals surface area contributed by atoms with Crippen LogP contribution in [0.15, 0.2) is 24.3 Å². The first kappa shape index (κ1) is 39.4. The molecule has 0 spiro atoms. The Morgan fingerprint density at radius 1 is 0.833 bits per heavy atom. The third-order valence-electron chi connectivity index (χ3n) is 6.66. The Labute approximate surface area is 262 Å². The fourth-order valence-corrected chi connectivity index (χ4v) is 9.76. The highest BCUT2D eigenvalue weighted by Crippen LogP contribution is 2.37.